The lowest BCUT2D eigenvalue weighted by molar-refractivity contribution is 0.0602. The molecule has 2 heterocycles. The van der Waals surface area contributed by atoms with Gasteiger partial charge in [-0.25, -0.2) is 13.2 Å². The molecule has 0 aliphatic carbocycles. The van der Waals surface area contributed by atoms with Gasteiger partial charge in [0.1, 0.15) is 9.77 Å². The van der Waals surface area contributed by atoms with Crippen LogP contribution < -0.4 is 5.73 Å². The van der Waals surface area contributed by atoms with E-state index in [-0.39, 0.29) is 34.1 Å². The number of hydrogen-bond acceptors (Lipinski definition) is 6. The normalized spacial score (nSPS) is 22.8. The van der Waals surface area contributed by atoms with Crippen molar-refractivity contribution in [2.24, 2.45) is 11.7 Å². The van der Waals surface area contributed by atoms with Crippen LogP contribution in [0.4, 0.5) is 0 Å². The van der Waals surface area contributed by atoms with Crippen LogP contribution in [0.15, 0.2) is 16.3 Å². The second-order valence-electron chi connectivity index (χ2n) is 4.87. The van der Waals surface area contributed by atoms with Gasteiger partial charge in [-0.3, -0.25) is 0 Å². The van der Waals surface area contributed by atoms with Gasteiger partial charge in [0.25, 0.3) is 0 Å². The summed E-state index contributed by atoms with van der Waals surface area (Å²) in [6, 6.07) is 1.34. The number of carbonyl (C=O) groups is 1. The fraction of sp³-hybridized carbons (Fsp3) is 0.583. The maximum atomic E-state index is 12.7. The van der Waals surface area contributed by atoms with Crippen LogP contribution >= 0.6 is 23.7 Å². The summed E-state index contributed by atoms with van der Waals surface area (Å²) in [5.74, 6) is -0.458. The van der Waals surface area contributed by atoms with Crippen LogP contribution in [-0.2, 0) is 14.8 Å². The average molecular weight is 355 g/mol. The maximum absolute atomic E-state index is 12.7. The molecule has 1 aliphatic rings. The third-order valence-corrected chi connectivity index (χ3v) is 6.57. The van der Waals surface area contributed by atoms with Crippen LogP contribution in [0.3, 0.4) is 0 Å². The van der Waals surface area contributed by atoms with Gasteiger partial charge in [0.05, 0.1) is 7.11 Å². The van der Waals surface area contributed by atoms with E-state index in [2.05, 4.69) is 4.74 Å². The summed E-state index contributed by atoms with van der Waals surface area (Å²) in [5, 5.41) is 1.58. The van der Waals surface area contributed by atoms with Crippen molar-refractivity contribution in [1.82, 2.24) is 4.31 Å². The highest BCUT2D eigenvalue weighted by Gasteiger charge is 2.39. The first kappa shape index (κ1) is 18.4. The van der Waals surface area contributed by atoms with Gasteiger partial charge >= 0.3 is 5.97 Å². The van der Waals surface area contributed by atoms with Crippen LogP contribution in [-0.4, -0.2) is 44.9 Å². The fourth-order valence-electron chi connectivity index (χ4n) is 2.48. The quantitative estimate of drug-likeness (QED) is 0.823. The van der Waals surface area contributed by atoms with E-state index in [4.69, 9.17) is 5.73 Å². The Labute approximate surface area is 134 Å². The van der Waals surface area contributed by atoms with E-state index in [9.17, 15) is 13.2 Å². The number of hydrogen-bond donors (Lipinski definition) is 1. The maximum Gasteiger partial charge on any atom is 0.349 e. The van der Waals surface area contributed by atoms with Crippen LogP contribution in [0.2, 0.25) is 0 Å². The van der Waals surface area contributed by atoms with Crippen LogP contribution in [0.1, 0.15) is 23.0 Å². The molecule has 1 fully saturated rings. The number of thiophene rings is 1. The topological polar surface area (TPSA) is 89.7 Å². The highest BCUT2D eigenvalue weighted by molar-refractivity contribution is 7.89. The van der Waals surface area contributed by atoms with Crippen molar-refractivity contribution in [3.8, 4) is 0 Å². The van der Waals surface area contributed by atoms with Crippen molar-refractivity contribution < 1.29 is 17.9 Å². The third kappa shape index (κ3) is 3.40. The molecule has 2 N–H and O–H groups in total. The highest BCUT2D eigenvalue weighted by Crippen LogP contribution is 2.32. The summed E-state index contributed by atoms with van der Waals surface area (Å²) >= 11 is 1.07. The molecule has 1 saturated heterocycles. The Balaban J connectivity index is 0.00000220. The zero-order valence-corrected chi connectivity index (χ0v) is 14.3. The summed E-state index contributed by atoms with van der Waals surface area (Å²) in [4.78, 5) is 11.8. The molecule has 9 heteroatoms. The SMILES string of the molecule is COC(=O)c1sccc1S(=O)(=O)N1CC(CN)CC1C.Cl. The average Bonchev–Trinajstić information content (AvgIpc) is 3.04. The molecule has 0 radical (unpaired) electrons. The first-order valence-corrected chi connectivity index (χ1v) is 8.61. The number of nitrogens with zero attached hydrogens (tertiary/aromatic N) is 1. The summed E-state index contributed by atoms with van der Waals surface area (Å²) in [6.45, 7) is 2.72. The molecule has 2 unspecified atom stereocenters. The zero-order valence-electron chi connectivity index (χ0n) is 11.8. The van der Waals surface area contributed by atoms with Gasteiger partial charge in [-0.1, -0.05) is 0 Å². The third-order valence-electron chi connectivity index (χ3n) is 3.52. The Morgan fingerprint density at radius 2 is 2.24 bits per heavy atom. The number of carbonyl (C=O) groups excluding carboxylic acids is 1. The summed E-state index contributed by atoms with van der Waals surface area (Å²) < 4.78 is 31.4. The molecule has 0 spiro atoms. The molecular weight excluding hydrogens is 336 g/mol. The second kappa shape index (κ2) is 7.06. The molecule has 0 aromatic carbocycles. The number of sulfonamides is 1. The lowest BCUT2D eigenvalue weighted by atomic mass is 10.1. The standard InChI is InChI=1S/C12H18N2O4S2.ClH/c1-8-5-9(6-13)7-14(8)20(16,17)10-3-4-19-11(10)12(15)18-2;/h3-4,8-9H,5-7,13H2,1-2H3;1H. The van der Waals surface area contributed by atoms with Crippen LogP contribution in [0, 0.1) is 5.92 Å². The molecule has 0 saturated carbocycles. The lowest BCUT2D eigenvalue weighted by Gasteiger charge is -2.20. The molecule has 1 aromatic rings. The molecule has 0 amide bonds. The van der Waals surface area contributed by atoms with E-state index in [1.54, 1.807) is 5.38 Å². The van der Waals surface area contributed by atoms with Gasteiger partial charge in [0, 0.05) is 12.6 Å². The molecule has 2 rings (SSSR count). The Morgan fingerprint density at radius 1 is 1.57 bits per heavy atom. The Kier molecular flexibility index (Phi) is 6.18. The van der Waals surface area contributed by atoms with Crippen molar-refractivity contribution in [2.45, 2.75) is 24.3 Å². The number of esters is 1. The van der Waals surface area contributed by atoms with E-state index >= 15 is 0 Å². The van der Waals surface area contributed by atoms with Crippen molar-refractivity contribution in [2.75, 3.05) is 20.2 Å². The number of nitrogens with two attached hydrogens (primary N) is 1. The van der Waals surface area contributed by atoms with Gasteiger partial charge in [-0.05, 0) is 37.3 Å². The minimum Gasteiger partial charge on any atom is -0.465 e. The molecule has 0 bridgehead atoms. The van der Waals surface area contributed by atoms with Gasteiger partial charge < -0.3 is 10.5 Å². The van der Waals surface area contributed by atoms with E-state index < -0.39 is 16.0 Å². The van der Waals surface area contributed by atoms with Gasteiger partial charge in [0.15, 0.2) is 0 Å². The largest absolute Gasteiger partial charge is 0.465 e. The molecular formula is C12H19ClN2O4S2. The van der Waals surface area contributed by atoms with Crippen molar-refractivity contribution in [1.29, 1.82) is 0 Å². The molecule has 120 valence electrons. The zero-order chi connectivity index (χ0) is 14.9. The Bertz CT molecular complexity index is 602. The van der Waals surface area contributed by atoms with E-state index in [1.165, 1.54) is 17.5 Å². The summed E-state index contributed by atoms with van der Waals surface area (Å²) in [6.07, 6.45) is 0.743. The first-order valence-electron chi connectivity index (χ1n) is 6.29. The van der Waals surface area contributed by atoms with Gasteiger partial charge in [0.2, 0.25) is 10.0 Å². The van der Waals surface area contributed by atoms with Crippen molar-refractivity contribution in [3.63, 3.8) is 0 Å². The Morgan fingerprint density at radius 3 is 2.76 bits per heavy atom. The van der Waals surface area contributed by atoms with Crippen molar-refractivity contribution in [3.05, 3.63) is 16.3 Å². The number of rotatable bonds is 4. The summed E-state index contributed by atoms with van der Waals surface area (Å²) in [5.41, 5.74) is 5.63. The fourth-order valence-corrected chi connectivity index (χ4v) is 5.51. The van der Waals surface area contributed by atoms with E-state index in [0.717, 1.165) is 17.8 Å². The molecule has 6 nitrogen and oxygen atoms in total. The van der Waals surface area contributed by atoms with Crippen LogP contribution in [0.25, 0.3) is 0 Å². The number of halogens is 1. The van der Waals surface area contributed by atoms with E-state index in [1.807, 2.05) is 6.92 Å². The predicted molar refractivity (Wildman–Crippen MR) is 83.4 cm³/mol. The smallest absolute Gasteiger partial charge is 0.349 e. The first-order chi connectivity index (χ1) is 9.41. The number of ether oxygens (including phenoxy) is 1. The van der Waals surface area contributed by atoms with Crippen LogP contribution in [0.5, 0.6) is 0 Å². The number of methoxy groups -OCH3 is 1. The van der Waals surface area contributed by atoms with Gasteiger partial charge in [-0.15, -0.1) is 23.7 Å². The predicted octanol–water partition coefficient (Wildman–Crippen LogP) is 1.31. The highest BCUT2D eigenvalue weighted by atomic mass is 35.5. The second-order valence-corrected chi connectivity index (χ2v) is 7.64. The molecule has 1 aliphatic heterocycles. The molecule has 2 atom stereocenters. The Hall–Kier alpha value is -0.670. The lowest BCUT2D eigenvalue weighted by Crippen LogP contribution is -2.35. The van der Waals surface area contributed by atoms with Gasteiger partial charge in [-0.2, -0.15) is 4.31 Å². The minimum atomic E-state index is -3.69. The van der Waals surface area contributed by atoms with Crippen molar-refractivity contribution >= 4 is 39.7 Å². The summed E-state index contributed by atoms with van der Waals surface area (Å²) in [7, 11) is -2.45. The van der Waals surface area contributed by atoms with E-state index in [0.29, 0.717) is 13.1 Å². The minimum absolute atomic E-state index is 0. The molecule has 1 aromatic heterocycles. The monoisotopic (exact) mass is 354 g/mol. The molecule has 21 heavy (non-hydrogen) atoms.